The lowest BCUT2D eigenvalue weighted by molar-refractivity contribution is 0.603. The second-order valence-electron chi connectivity index (χ2n) is 2.81. The van der Waals surface area contributed by atoms with Crippen LogP contribution in [0.3, 0.4) is 0 Å². The number of hydrogen-bond donors (Lipinski definition) is 2. The van der Waals surface area contributed by atoms with Crippen molar-refractivity contribution >= 4 is 0 Å². The average Bonchev–Trinajstić information content (AvgIpc) is 2.10. The van der Waals surface area contributed by atoms with E-state index in [1.165, 1.54) is 0 Å². The Morgan fingerprint density at radius 1 is 1.58 bits per heavy atom. The Kier molecular flexibility index (Phi) is 3.19. The van der Waals surface area contributed by atoms with Gasteiger partial charge in [0, 0.05) is 24.5 Å². The molecule has 1 atom stereocenters. The van der Waals surface area contributed by atoms with Gasteiger partial charge in [0.2, 0.25) is 0 Å². The quantitative estimate of drug-likeness (QED) is 0.690. The van der Waals surface area contributed by atoms with Crippen LogP contribution in [0.4, 0.5) is 0 Å². The van der Waals surface area contributed by atoms with E-state index in [0.717, 1.165) is 11.3 Å². The zero-order chi connectivity index (χ0) is 8.97. The van der Waals surface area contributed by atoms with Gasteiger partial charge in [0.15, 0.2) is 0 Å². The van der Waals surface area contributed by atoms with Crippen molar-refractivity contribution in [2.75, 3.05) is 13.6 Å². The lowest BCUT2D eigenvalue weighted by atomic mass is 10.1. The predicted octanol–water partition coefficient (Wildman–Crippen LogP) is 0.609. The van der Waals surface area contributed by atoms with Crippen LogP contribution in [-0.4, -0.2) is 18.6 Å². The average molecular weight is 165 g/mol. The molecule has 0 aliphatic rings. The maximum Gasteiger partial charge on any atom is 0.0457 e. The highest BCUT2D eigenvalue weighted by Gasteiger charge is 2.05. The Morgan fingerprint density at radius 3 is 2.75 bits per heavy atom. The van der Waals surface area contributed by atoms with E-state index in [1.54, 1.807) is 0 Å². The summed E-state index contributed by atoms with van der Waals surface area (Å²) in [6.07, 6.45) is 1.86. The van der Waals surface area contributed by atoms with Gasteiger partial charge in [0.05, 0.1) is 0 Å². The lowest BCUT2D eigenvalue weighted by Gasteiger charge is -2.13. The van der Waals surface area contributed by atoms with Gasteiger partial charge in [-0.25, -0.2) is 0 Å². The number of rotatable bonds is 3. The molecule has 0 spiro atoms. The molecule has 3 nitrogen and oxygen atoms in total. The van der Waals surface area contributed by atoms with Gasteiger partial charge in [0.1, 0.15) is 0 Å². The number of nitrogens with two attached hydrogens (primary N) is 1. The van der Waals surface area contributed by atoms with Crippen LogP contribution in [0.15, 0.2) is 18.3 Å². The van der Waals surface area contributed by atoms with E-state index >= 15 is 0 Å². The minimum absolute atomic E-state index is 0.220. The highest BCUT2D eigenvalue weighted by molar-refractivity contribution is 5.17. The van der Waals surface area contributed by atoms with E-state index in [0.29, 0.717) is 6.54 Å². The highest BCUT2D eigenvalue weighted by Crippen LogP contribution is 2.09. The second-order valence-corrected chi connectivity index (χ2v) is 2.81. The fourth-order valence-electron chi connectivity index (χ4n) is 1.11. The first kappa shape index (κ1) is 9.16. The topological polar surface area (TPSA) is 50.9 Å². The molecule has 12 heavy (non-hydrogen) atoms. The molecule has 3 N–H and O–H groups in total. The number of hydrogen-bond acceptors (Lipinski definition) is 3. The van der Waals surface area contributed by atoms with Crippen LogP contribution in [-0.2, 0) is 0 Å². The summed E-state index contributed by atoms with van der Waals surface area (Å²) in [5.74, 6) is 0. The summed E-state index contributed by atoms with van der Waals surface area (Å²) in [4.78, 5) is 4.20. The summed E-state index contributed by atoms with van der Waals surface area (Å²) < 4.78 is 0. The van der Waals surface area contributed by atoms with E-state index in [1.807, 2.05) is 26.2 Å². The number of nitrogens with zero attached hydrogens (tertiary/aromatic N) is 1. The zero-order valence-electron chi connectivity index (χ0n) is 7.54. The normalized spacial score (nSPS) is 12.9. The van der Waals surface area contributed by atoms with Crippen LogP contribution in [0.2, 0.25) is 0 Å². The van der Waals surface area contributed by atoms with Crippen molar-refractivity contribution < 1.29 is 0 Å². The van der Waals surface area contributed by atoms with Crippen LogP contribution in [0.1, 0.15) is 17.3 Å². The molecule has 1 heterocycles. The van der Waals surface area contributed by atoms with Crippen LogP contribution in [0.5, 0.6) is 0 Å². The molecule has 0 radical (unpaired) electrons. The van der Waals surface area contributed by atoms with Gasteiger partial charge < -0.3 is 11.1 Å². The van der Waals surface area contributed by atoms with Crippen molar-refractivity contribution in [1.82, 2.24) is 10.3 Å². The molecule has 1 unspecified atom stereocenters. The third-order valence-corrected chi connectivity index (χ3v) is 1.92. The molecule has 3 heteroatoms. The molecule has 0 aromatic carbocycles. The summed E-state index contributed by atoms with van der Waals surface area (Å²) in [5.41, 5.74) is 7.74. The first-order valence-corrected chi connectivity index (χ1v) is 4.08. The van der Waals surface area contributed by atoms with Crippen LogP contribution >= 0.6 is 0 Å². The van der Waals surface area contributed by atoms with E-state index in [4.69, 9.17) is 5.73 Å². The van der Waals surface area contributed by atoms with Gasteiger partial charge >= 0.3 is 0 Å². The predicted molar refractivity (Wildman–Crippen MR) is 49.8 cm³/mol. The van der Waals surface area contributed by atoms with Crippen molar-refractivity contribution in [1.29, 1.82) is 0 Å². The van der Waals surface area contributed by atoms with Crippen LogP contribution in [0, 0.1) is 6.92 Å². The van der Waals surface area contributed by atoms with Gasteiger partial charge in [-0.1, -0.05) is 6.07 Å². The summed E-state index contributed by atoms with van der Waals surface area (Å²) in [5, 5.41) is 3.12. The molecule has 0 saturated heterocycles. The minimum atomic E-state index is 0.220. The zero-order valence-corrected chi connectivity index (χ0v) is 7.54. The molecule has 1 aromatic rings. The fraction of sp³-hybridized carbons (Fsp3) is 0.444. The number of nitrogens with one attached hydrogen (secondary N) is 1. The van der Waals surface area contributed by atoms with Gasteiger partial charge in [0.25, 0.3) is 0 Å². The maximum absolute atomic E-state index is 5.56. The third kappa shape index (κ3) is 2.03. The molecule has 0 aliphatic carbocycles. The van der Waals surface area contributed by atoms with E-state index in [2.05, 4.69) is 16.4 Å². The molecule has 0 aliphatic heterocycles. The van der Waals surface area contributed by atoms with Crippen molar-refractivity contribution in [2.45, 2.75) is 13.0 Å². The SMILES string of the molecule is CNC(CN)c1ccc(C)nc1. The first-order valence-electron chi connectivity index (χ1n) is 4.08. The van der Waals surface area contributed by atoms with Gasteiger partial charge in [-0.2, -0.15) is 0 Å². The molecule has 0 amide bonds. The molecular weight excluding hydrogens is 150 g/mol. The Morgan fingerprint density at radius 2 is 2.33 bits per heavy atom. The summed E-state index contributed by atoms with van der Waals surface area (Å²) in [6.45, 7) is 2.57. The van der Waals surface area contributed by atoms with Gasteiger partial charge in [-0.15, -0.1) is 0 Å². The largest absolute Gasteiger partial charge is 0.329 e. The number of aryl methyl sites for hydroxylation is 1. The molecule has 0 bridgehead atoms. The molecular formula is C9H15N3. The van der Waals surface area contributed by atoms with Crippen molar-refractivity contribution in [3.63, 3.8) is 0 Å². The van der Waals surface area contributed by atoms with E-state index < -0.39 is 0 Å². The molecule has 1 aromatic heterocycles. The molecule has 66 valence electrons. The summed E-state index contributed by atoms with van der Waals surface area (Å²) in [7, 11) is 1.90. The van der Waals surface area contributed by atoms with Crippen molar-refractivity contribution in [3.05, 3.63) is 29.6 Å². The Bertz CT molecular complexity index is 226. The van der Waals surface area contributed by atoms with Crippen LogP contribution < -0.4 is 11.1 Å². The lowest BCUT2D eigenvalue weighted by Crippen LogP contribution is -2.24. The number of aromatic nitrogens is 1. The Balaban J connectivity index is 2.80. The maximum atomic E-state index is 5.56. The number of pyridine rings is 1. The van der Waals surface area contributed by atoms with Gasteiger partial charge in [-0.05, 0) is 25.6 Å². The Labute approximate surface area is 73.0 Å². The first-order chi connectivity index (χ1) is 5.77. The monoisotopic (exact) mass is 165 g/mol. The molecule has 0 saturated carbocycles. The second kappa shape index (κ2) is 4.18. The molecule has 1 rings (SSSR count). The number of likely N-dealkylation sites (N-methyl/N-ethyl adjacent to an activating group) is 1. The third-order valence-electron chi connectivity index (χ3n) is 1.92. The van der Waals surface area contributed by atoms with E-state index in [-0.39, 0.29) is 6.04 Å². The van der Waals surface area contributed by atoms with Crippen molar-refractivity contribution in [2.24, 2.45) is 5.73 Å². The van der Waals surface area contributed by atoms with Crippen LogP contribution in [0.25, 0.3) is 0 Å². The summed E-state index contributed by atoms with van der Waals surface area (Å²) >= 11 is 0. The van der Waals surface area contributed by atoms with E-state index in [9.17, 15) is 0 Å². The van der Waals surface area contributed by atoms with Crippen molar-refractivity contribution in [3.8, 4) is 0 Å². The molecule has 0 fully saturated rings. The fourth-order valence-corrected chi connectivity index (χ4v) is 1.11. The smallest absolute Gasteiger partial charge is 0.0457 e. The minimum Gasteiger partial charge on any atom is -0.329 e. The standard InChI is InChI=1S/C9H15N3/c1-7-3-4-8(6-12-7)9(5-10)11-2/h3-4,6,9,11H,5,10H2,1-2H3. The van der Waals surface area contributed by atoms with Gasteiger partial charge in [-0.3, -0.25) is 4.98 Å². The Hall–Kier alpha value is -0.930. The highest BCUT2D eigenvalue weighted by atomic mass is 14.9. The summed E-state index contributed by atoms with van der Waals surface area (Å²) in [6, 6.07) is 4.27.